The van der Waals surface area contributed by atoms with Crippen molar-refractivity contribution in [2.24, 2.45) is 40.9 Å². The van der Waals surface area contributed by atoms with Crippen molar-refractivity contribution in [3.05, 3.63) is 0 Å². The highest BCUT2D eigenvalue weighted by atomic mass is 16.3. The minimum absolute atomic E-state index is 0. The van der Waals surface area contributed by atoms with Gasteiger partial charge in [-0.2, -0.15) is 0 Å². The summed E-state index contributed by atoms with van der Waals surface area (Å²) < 4.78 is 0. The molecule has 4 rings (SSSR count). The van der Waals surface area contributed by atoms with Crippen LogP contribution in [0.3, 0.4) is 0 Å². The number of rotatable bonds is 6. The van der Waals surface area contributed by atoms with Gasteiger partial charge in [-0.1, -0.05) is 47.0 Å². The van der Waals surface area contributed by atoms with Gasteiger partial charge in [0.2, 0.25) is 0 Å². The number of aliphatic hydroxyl groups is 4. The average Bonchev–Trinajstić information content (AvgIpc) is 3.51. The molecule has 4 nitrogen and oxygen atoms in total. The fourth-order valence-electron chi connectivity index (χ4n) is 6.77. The van der Waals surface area contributed by atoms with Crippen LogP contribution in [-0.4, -0.2) is 46.9 Å². The molecule has 184 valence electrons. The molecule has 0 radical (unpaired) electrons. The monoisotopic (exact) mass is 432 g/mol. The topological polar surface area (TPSA) is 80.9 Å². The Morgan fingerprint density at radius 2 is 1.37 bits per heavy atom. The molecule has 4 heteroatoms. The van der Waals surface area contributed by atoms with Crippen LogP contribution in [0, 0.1) is 40.9 Å². The first-order valence-corrected chi connectivity index (χ1v) is 12.9. The van der Waals surface area contributed by atoms with Crippen molar-refractivity contribution in [2.45, 2.75) is 98.3 Å². The average molecular weight is 433 g/mol. The molecule has 0 aromatic carbocycles. The fourth-order valence-corrected chi connectivity index (χ4v) is 6.77. The maximum absolute atomic E-state index is 9.36. The van der Waals surface area contributed by atoms with Gasteiger partial charge in [0.05, 0.1) is 0 Å². The number of hydrogen-bond donors (Lipinski definition) is 4. The molecule has 4 aliphatic carbocycles. The van der Waals surface area contributed by atoms with Gasteiger partial charge < -0.3 is 20.4 Å². The SMILES string of the molecule is CCC.CCC.OCCC1(CO)CC2CCC1C2.OCCC1C2CCC(C2)C1CO.[HH].[HH]. The van der Waals surface area contributed by atoms with E-state index in [9.17, 15) is 10.2 Å². The highest BCUT2D eigenvalue weighted by Gasteiger charge is 2.50. The molecule has 4 bridgehead atoms. The summed E-state index contributed by atoms with van der Waals surface area (Å²) in [6, 6.07) is 0. The first-order chi connectivity index (χ1) is 14.5. The van der Waals surface area contributed by atoms with Crippen LogP contribution in [0.4, 0.5) is 0 Å². The summed E-state index contributed by atoms with van der Waals surface area (Å²) in [6.07, 6.45) is 13.3. The van der Waals surface area contributed by atoms with Gasteiger partial charge in [0.1, 0.15) is 0 Å². The second kappa shape index (κ2) is 14.8. The van der Waals surface area contributed by atoms with E-state index >= 15 is 0 Å². The highest BCUT2D eigenvalue weighted by Crippen LogP contribution is 2.57. The first kappa shape index (κ1) is 27.9. The molecule has 0 aromatic heterocycles. The third kappa shape index (κ3) is 7.18. The summed E-state index contributed by atoms with van der Waals surface area (Å²) >= 11 is 0. The Morgan fingerprint density at radius 1 is 0.767 bits per heavy atom. The maximum Gasteiger partial charge on any atom is 0.0491 e. The summed E-state index contributed by atoms with van der Waals surface area (Å²) in [5.74, 6) is 4.29. The second-order valence-electron chi connectivity index (χ2n) is 10.3. The van der Waals surface area contributed by atoms with Gasteiger partial charge in [-0.3, -0.25) is 0 Å². The number of hydrogen-bond acceptors (Lipinski definition) is 4. The molecule has 0 spiro atoms. The Morgan fingerprint density at radius 3 is 1.77 bits per heavy atom. The van der Waals surface area contributed by atoms with Gasteiger partial charge >= 0.3 is 0 Å². The molecular formula is C26H56O4. The summed E-state index contributed by atoms with van der Waals surface area (Å²) in [4.78, 5) is 0. The summed E-state index contributed by atoms with van der Waals surface area (Å²) in [7, 11) is 0. The molecule has 7 unspecified atom stereocenters. The minimum Gasteiger partial charge on any atom is -0.396 e. The minimum atomic E-state index is 0. The van der Waals surface area contributed by atoms with Crippen LogP contribution in [0.1, 0.15) is 101 Å². The Kier molecular flexibility index (Phi) is 13.8. The van der Waals surface area contributed by atoms with Crippen molar-refractivity contribution in [2.75, 3.05) is 26.4 Å². The molecule has 0 heterocycles. The van der Waals surface area contributed by atoms with Crippen molar-refractivity contribution in [1.29, 1.82) is 0 Å². The van der Waals surface area contributed by atoms with E-state index in [0.29, 0.717) is 31.0 Å². The summed E-state index contributed by atoms with van der Waals surface area (Å²) in [5.41, 5.74) is 0.109. The van der Waals surface area contributed by atoms with Crippen LogP contribution in [0.25, 0.3) is 0 Å². The van der Waals surface area contributed by atoms with Gasteiger partial charge in [0, 0.05) is 29.3 Å². The predicted octanol–water partition coefficient (Wildman–Crippen LogP) is 5.52. The Labute approximate surface area is 189 Å². The van der Waals surface area contributed by atoms with Gasteiger partial charge in [0.25, 0.3) is 0 Å². The lowest BCUT2D eigenvalue weighted by Crippen LogP contribution is -2.32. The first-order valence-electron chi connectivity index (χ1n) is 12.9. The Hall–Kier alpha value is -0.160. The molecule has 0 aliphatic heterocycles. The zero-order valence-electron chi connectivity index (χ0n) is 20.4. The van der Waals surface area contributed by atoms with E-state index in [-0.39, 0.29) is 21.5 Å². The Balaban J connectivity index is 0. The van der Waals surface area contributed by atoms with E-state index < -0.39 is 0 Å². The number of fused-ring (bicyclic) bond motifs is 4. The van der Waals surface area contributed by atoms with E-state index in [1.54, 1.807) is 0 Å². The van der Waals surface area contributed by atoms with Crippen LogP contribution in [0.15, 0.2) is 0 Å². The zero-order chi connectivity index (χ0) is 22.6. The van der Waals surface area contributed by atoms with E-state index in [1.807, 2.05) is 0 Å². The van der Waals surface area contributed by atoms with Gasteiger partial charge in [0.15, 0.2) is 0 Å². The molecule has 4 N–H and O–H groups in total. The largest absolute Gasteiger partial charge is 0.396 e. The highest BCUT2D eigenvalue weighted by molar-refractivity contribution is 5.00. The van der Waals surface area contributed by atoms with E-state index in [4.69, 9.17) is 10.2 Å². The van der Waals surface area contributed by atoms with Crippen molar-refractivity contribution in [1.82, 2.24) is 0 Å². The molecule has 4 aliphatic rings. The van der Waals surface area contributed by atoms with Crippen molar-refractivity contribution >= 4 is 0 Å². The molecular weight excluding hydrogens is 376 g/mol. The second-order valence-corrected chi connectivity index (χ2v) is 10.3. The molecule has 7 atom stereocenters. The van der Waals surface area contributed by atoms with Crippen molar-refractivity contribution in [3.8, 4) is 0 Å². The van der Waals surface area contributed by atoms with Crippen molar-refractivity contribution < 1.29 is 23.3 Å². The molecule has 30 heavy (non-hydrogen) atoms. The lowest BCUT2D eigenvalue weighted by atomic mass is 9.71. The van der Waals surface area contributed by atoms with Crippen molar-refractivity contribution in [3.63, 3.8) is 0 Å². The van der Waals surface area contributed by atoms with Crippen LogP contribution in [-0.2, 0) is 0 Å². The molecule has 4 saturated carbocycles. The quantitative estimate of drug-likeness (QED) is 0.446. The zero-order valence-corrected chi connectivity index (χ0v) is 20.4. The predicted molar refractivity (Wildman–Crippen MR) is 129 cm³/mol. The van der Waals surface area contributed by atoms with Gasteiger partial charge in [-0.15, -0.1) is 0 Å². The standard InChI is InChI=1S/2C10H18O2.2C3H8.2H2/c11-4-3-10(7-12)6-8-1-2-9(10)5-8;11-4-3-9-7-1-2-8(5-7)10(9)6-12;2*1-3-2;;/h8-9,11-12H,1-7H2;7-12H,1-6H2;2*3H2,1-2H3;2*1H. The van der Waals surface area contributed by atoms with E-state index in [2.05, 4.69) is 27.7 Å². The number of aliphatic hydroxyl groups excluding tert-OH is 4. The third-order valence-corrected chi connectivity index (χ3v) is 7.97. The van der Waals surface area contributed by atoms with Gasteiger partial charge in [-0.25, -0.2) is 0 Å². The van der Waals surface area contributed by atoms with Crippen LogP contribution in [0.5, 0.6) is 0 Å². The smallest absolute Gasteiger partial charge is 0.0491 e. The molecule has 0 amide bonds. The van der Waals surface area contributed by atoms with E-state index in [0.717, 1.165) is 37.0 Å². The lowest BCUT2D eigenvalue weighted by Gasteiger charge is -2.35. The summed E-state index contributed by atoms with van der Waals surface area (Å²) in [6.45, 7) is 9.66. The molecule has 0 saturated heterocycles. The van der Waals surface area contributed by atoms with E-state index in [1.165, 1.54) is 51.4 Å². The Bertz CT molecular complexity index is 438. The van der Waals surface area contributed by atoms with Crippen LogP contribution < -0.4 is 0 Å². The molecule has 0 aromatic rings. The maximum atomic E-state index is 9.36. The van der Waals surface area contributed by atoms with Gasteiger partial charge in [-0.05, 0) is 92.3 Å². The lowest BCUT2D eigenvalue weighted by molar-refractivity contribution is 0.0390. The third-order valence-electron chi connectivity index (χ3n) is 7.97. The normalized spacial score (nSPS) is 37.6. The summed E-state index contributed by atoms with van der Waals surface area (Å²) in [5, 5.41) is 36.4. The van der Waals surface area contributed by atoms with Crippen LogP contribution >= 0.6 is 0 Å². The molecule has 4 fully saturated rings. The van der Waals surface area contributed by atoms with Crippen LogP contribution in [0.2, 0.25) is 0 Å². The fraction of sp³-hybridized carbons (Fsp3) is 1.00.